The third-order valence-corrected chi connectivity index (χ3v) is 8.13. The number of carbonyl (C=O) groups excluding carboxylic acids is 2. The Morgan fingerprint density at radius 3 is 2.26 bits per heavy atom. The Morgan fingerprint density at radius 2 is 1.62 bits per heavy atom. The number of ether oxygens (including phenoxy) is 2. The van der Waals surface area contributed by atoms with Gasteiger partial charge >= 0.3 is 0 Å². The number of amides is 2. The van der Waals surface area contributed by atoms with Gasteiger partial charge in [-0.25, -0.2) is 8.42 Å². The average molecular weight is 551 g/mol. The molecular weight excluding hydrogens is 520 g/mol. The summed E-state index contributed by atoms with van der Waals surface area (Å²) in [6.07, 6.45) is 1.35. The van der Waals surface area contributed by atoms with Crippen molar-refractivity contribution in [2.75, 3.05) is 59.8 Å². The lowest BCUT2D eigenvalue weighted by molar-refractivity contribution is -0.117. The summed E-state index contributed by atoms with van der Waals surface area (Å²) in [4.78, 5) is 28.7. The normalized spacial score (nSPS) is 15.8. The monoisotopic (exact) mass is 550 g/mol. The summed E-state index contributed by atoms with van der Waals surface area (Å²) in [5.74, 6) is 0.293. The molecule has 0 aromatic heterocycles. The first-order valence-corrected chi connectivity index (χ1v) is 14.2. The second-order valence-corrected chi connectivity index (χ2v) is 10.9. The summed E-state index contributed by atoms with van der Waals surface area (Å²) in [5.41, 5.74) is 2.39. The third kappa shape index (κ3) is 5.99. The molecule has 39 heavy (non-hydrogen) atoms. The topological polar surface area (TPSA) is 117 Å². The molecule has 2 fully saturated rings. The van der Waals surface area contributed by atoms with Gasteiger partial charge in [-0.1, -0.05) is 0 Å². The number of methoxy groups -OCH3 is 1. The van der Waals surface area contributed by atoms with Gasteiger partial charge in [-0.05, 0) is 73.2 Å². The molecule has 10 nitrogen and oxygen atoms in total. The number of carbonyl (C=O) groups is 2. The van der Waals surface area contributed by atoms with Gasteiger partial charge in [-0.2, -0.15) is 0 Å². The molecule has 0 radical (unpaired) electrons. The minimum absolute atomic E-state index is 0.0425. The Kier molecular flexibility index (Phi) is 7.71. The summed E-state index contributed by atoms with van der Waals surface area (Å²) in [6, 6.07) is 18.2. The molecule has 2 heterocycles. The van der Waals surface area contributed by atoms with E-state index in [1.165, 1.54) is 13.2 Å². The predicted octanol–water partition coefficient (Wildman–Crippen LogP) is 3.71. The first-order chi connectivity index (χ1) is 18.8. The number of nitrogens with zero attached hydrogens (tertiary/aromatic N) is 2. The van der Waals surface area contributed by atoms with Crippen LogP contribution < -0.4 is 24.6 Å². The maximum absolute atomic E-state index is 13.6. The van der Waals surface area contributed by atoms with Crippen molar-refractivity contribution in [3.05, 3.63) is 72.3 Å². The Balaban J connectivity index is 1.40. The Labute approximate surface area is 227 Å². The summed E-state index contributed by atoms with van der Waals surface area (Å²) < 4.78 is 40.4. The fourth-order valence-electron chi connectivity index (χ4n) is 4.66. The molecule has 0 atom stereocenters. The number of hydrogen-bond acceptors (Lipinski definition) is 7. The van der Waals surface area contributed by atoms with Gasteiger partial charge in [-0.3, -0.25) is 14.3 Å². The maximum atomic E-state index is 13.6. The van der Waals surface area contributed by atoms with E-state index in [2.05, 4.69) is 10.0 Å². The van der Waals surface area contributed by atoms with E-state index in [4.69, 9.17) is 9.47 Å². The minimum Gasteiger partial charge on any atom is -0.497 e. The number of rotatable bonds is 8. The largest absolute Gasteiger partial charge is 0.497 e. The number of benzene rings is 3. The van der Waals surface area contributed by atoms with E-state index in [0.717, 1.165) is 12.1 Å². The predicted molar refractivity (Wildman–Crippen MR) is 149 cm³/mol. The van der Waals surface area contributed by atoms with Gasteiger partial charge in [0.25, 0.3) is 15.9 Å². The van der Waals surface area contributed by atoms with Crippen LogP contribution in [0.1, 0.15) is 23.2 Å². The van der Waals surface area contributed by atoms with E-state index in [-0.39, 0.29) is 16.7 Å². The van der Waals surface area contributed by atoms with Crippen molar-refractivity contribution in [2.24, 2.45) is 0 Å². The molecule has 0 aliphatic carbocycles. The molecule has 2 aliphatic heterocycles. The number of nitrogens with one attached hydrogen (secondary N) is 2. The SMILES string of the molecule is COc1ccc(NS(=O)(=O)c2cc(NC(=O)c3ccc(N4CCCC4=O)cc3)ccc2N2CCOCC2)cc1. The van der Waals surface area contributed by atoms with Crippen LogP contribution in [0.4, 0.5) is 22.7 Å². The number of morpholine rings is 1. The van der Waals surface area contributed by atoms with Gasteiger partial charge in [0.1, 0.15) is 10.6 Å². The average Bonchev–Trinajstić information content (AvgIpc) is 3.39. The van der Waals surface area contributed by atoms with Crippen molar-refractivity contribution >= 4 is 44.6 Å². The Bertz CT molecular complexity index is 1450. The van der Waals surface area contributed by atoms with Crippen LogP contribution >= 0.6 is 0 Å². The van der Waals surface area contributed by atoms with Gasteiger partial charge in [0.15, 0.2) is 0 Å². The van der Waals surface area contributed by atoms with E-state index >= 15 is 0 Å². The quantitative estimate of drug-likeness (QED) is 0.439. The fourth-order valence-corrected chi connectivity index (χ4v) is 5.97. The molecule has 0 bridgehead atoms. The van der Waals surface area contributed by atoms with E-state index in [9.17, 15) is 18.0 Å². The van der Waals surface area contributed by atoms with Gasteiger partial charge in [0.05, 0.1) is 26.0 Å². The second-order valence-electron chi connectivity index (χ2n) is 9.27. The van der Waals surface area contributed by atoms with Crippen LogP contribution in [0.3, 0.4) is 0 Å². The minimum atomic E-state index is -4.02. The van der Waals surface area contributed by atoms with Crippen LogP contribution in [-0.2, 0) is 19.6 Å². The van der Waals surface area contributed by atoms with Crippen LogP contribution in [0.5, 0.6) is 5.75 Å². The van der Waals surface area contributed by atoms with Crippen LogP contribution in [0.2, 0.25) is 0 Å². The number of sulfonamides is 1. The zero-order valence-electron chi connectivity index (χ0n) is 21.6. The molecular formula is C28H30N4O6S. The second kappa shape index (κ2) is 11.3. The highest BCUT2D eigenvalue weighted by atomic mass is 32.2. The van der Waals surface area contributed by atoms with Crippen molar-refractivity contribution in [1.82, 2.24) is 0 Å². The van der Waals surface area contributed by atoms with Gasteiger partial charge < -0.3 is 24.6 Å². The maximum Gasteiger partial charge on any atom is 0.264 e. The van der Waals surface area contributed by atoms with Gasteiger partial charge in [-0.15, -0.1) is 0 Å². The first-order valence-electron chi connectivity index (χ1n) is 12.7. The first kappa shape index (κ1) is 26.5. The highest BCUT2D eigenvalue weighted by Gasteiger charge is 2.25. The van der Waals surface area contributed by atoms with Gasteiger partial charge in [0.2, 0.25) is 5.91 Å². The molecule has 0 saturated carbocycles. The lowest BCUT2D eigenvalue weighted by atomic mass is 10.1. The molecule has 3 aromatic rings. The summed E-state index contributed by atoms with van der Waals surface area (Å²) in [5, 5.41) is 2.81. The van der Waals surface area contributed by atoms with Crippen LogP contribution in [0.15, 0.2) is 71.6 Å². The molecule has 5 rings (SSSR count). The van der Waals surface area contributed by atoms with Crippen molar-refractivity contribution in [3.8, 4) is 5.75 Å². The Hall–Kier alpha value is -4.09. The van der Waals surface area contributed by atoms with E-state index < -0.39 is 10.0 Å². The van der Waals surface area contributed by atoms with Gasteiger partial charge in [0, 0.05) is 48.7 Å². The molecule has 204 valence electrons. The highest BCUT2D eigenvalue weighted by molar-refractivity contribution is 7.92. The van der Waals surface area contributed by atoms with Crippen molar-refractivity contribution < 1.29 is 27.5 Å². The molecule has 11 heteroatoms. The lowest BCUT2D eigenvalue weighted by Gasteiger charge is -2.30. The summed E-state index contributed by atoms with van der Waals surface area (Å²) >= 11 is 0. The zero-order chi connectivity index (χ0) is 27.4. The molecule has 2 aliphatic rings. The lowest BCUT2D eigenvalue weighted by Crippen LogP contribution is -2.37. The molecule has 0 unspecified atom stereocenters. The Morgan fingerprint density at radius 1 is 0.923 bits per heavy atom. The van der Waals surface area contributed by atoms with Crippen LogP contribution in [0.25, 0.3) is 0 Å². The van der Waals surface area contributed by atoms with Crippen LogP contribution in [-0.4, -0.2) is 60.2 Å². The van der Waals surface area contributed by atoms with Crippen molar-refractivity contribution in [2.45, 2.75) is 17.7 Å². The molecule has 0 spiro atoms. The molecule has 3 aromatic carbocycles. The van der Waals surface area contributed by atoms with Crippen LogP contribution in [0, 0.1) is 0 Å². The molecule has 2 amide bonds. The number of anilines is 4. The van der Waals surface area contributed by atoms with E-state index in [0.29, 0.717) is 67.6 Å². The summed E-state index contributed by atoms with van der Waals surface area (Å²) in [6.45, 7) is 2.73. The fraction of sp³-hybridized carbons (Fsp3) is 0.286. The van der Waals surface area contributed by atoms with Crippen molar-refractivity contribution in [1.29, 1.82) is 0 Å². The highest BCUT2D eigenvalue weighted by Crippen LogP contribution is 2.31. The smallest absolute Gasteiger partial charge is 0.264 e. The van der Waals surface area contributed by atoms with E-state index in [1.54, 1.807) is 65.6 Å². The molecule has 2 saturated heterocycles. The van der Waals surface area contributed by atoms with Crippen molar-refractivity contribution in [3.63, 3.8) is 0 Å². The number of hydrogen-bond donors (Lipinski definition) is 2. The van der Waals surface area contributed by atoms with E-state index in [1.807, 2.05) is 4.90 Å². The third-order valence-electron chi connectivity index (χ3n) is 6.72. The zero-order valence-corrected chi connectivity index (χ0v) is 22.4. The summed E-state index contributed by atoms with van der Waals surface area (Å²) in [7, 11) is -2.48. The standard InChI is InChI=1S/C28H30N4O6S/c1-37-24-11-6-21(7-12-24)30-39(35,36)26-19-22(8-13-25(26)31-15-17-38-18-16-31)29-28(34)20-4-9-23(10-5-20)32-14-2-3-27(32)33/h4-13,19,30H,2-3,14-18H2,1H3,(H,29,34). The molecule has 2 N–H and O–H groups in total.